The van der Waals surface area contributed by atoms with Gasteiger partial charge in [-0.3, -0.25) is 9.59 Å². The zero-order valence-corrected chi connectivity index (χ0v) is 19.6. The molecule has 2 heterocycles. The van der Waals surface area contributed by atoms with Gasteiger partial charge in [-0.25, -0.2) is 4.98 Å². The molecule has 32 heavy (non-hydrogen) atoms. The van der Waals surface area contributed by atoms with E-state index in [1.807, 2.05) is 36.4 Å². The first kappa shape index (κ1) is 23.7. The van der Waals surface area contributed by atoms with E-state index in [4.69, 9.17) is 0 Å². The smallest absolute Gasteiger partial charge is 0.251 e. The van der Waals surface area contributed by atoms with E-state index in [9.17, 15) is 9.59 Å². The first-order valence-electron chi connectivity index (χ1n) is 11.3. The van der Waals surface area contributed by atoms with Crippen LogP contribution in [0.3, 0.4) is 0 Å². The Labute approximate surface area is 191 Å². The Morgan fingerprint density at radius 3 is 2.34 bits per heavy atom. The molecule has 1 aliphatic heterocycles. The highest BCUT2D eigenvalue weighted by Crippen LogP contribution is 2.22. The van der Waals surface area contributed by atoms with Gasteiger partial charge in [0.2, 0.25) is 5.91 Å². The van der Waals surface area contributed by atoms with Crippen LogP contribution in [0, 0.1) is 0 Å². The van der Waals surface area contributed by atoms with Gasteiger partial charge in [-0.2, -0.15) is 0 Å². The summed E-state index contributed by atoms with van der Waals surface area (Å²) in [7, 11) is 2.12. The molecule has 3 rings (SSSR count). The lowest BCUT2D eigenvalue weighted by atomic mass is 9.87. The largest absolute Gasteiger partial charge is 0.354 e. The second kappa shape index (κ2) is 10.6. The number of carbonyl (C=O) groups excluding carboxylic acids is 2. The molecule has 172 valence electrons. The van der Waals surface area contributed by atoms with Gasteiger partial charge in [0, 0.05) is 63.0 Å². The van der Waals surface area contributed by atoms with E-state index < -0.39 is 0 Å². The molecule has 0 spiro atoms. The van der Waals surface area contributed by atoms with E-state index in [0.717, 1.165) is 37.6 Å². The summed E-state index contributed by atoms with van der Waals surface area (Å²) in [6, 6.07) is 11.5. The number of rotatable bonds is 7. The van der Waals surface area contributed by atoms with Crippen molar-refractivity contribution in [2.45, 2.75) is 39.2 Å². The van der Waals surface area contributed by atoms with E-state index in [0.29, 0.717) is 18.7 Å². The van der Waals surface area contributed by atoms with Crippen LogP contribution in [-0.2, 0) is 16.8 Å². The lowest BCUT2D eigenvalue weighted by Crippen LogP contribution is -2.45. The molecule has 2 amide bonds. The van der Waals surface area contributed by atoms with Gasteiger partial charge in [0.1, 0.15) is 5.82 Å². The van der Waals surface area contributed by atoms with Crippen LogP contribution in [0.4, 0.5) is 5.82 Å². The highest BCUT2D eigenvalue weighted by molar-refractivity contribution is 5.94. The summed E-state index contributed by atoms with van der Waals surface area (Å²) in [5.74, 6) is 0.678. The SMILES string of the molecule is CN1CCN(c2ncccc2CNC(=O)CCNC(=O)c2ccc(C(C)(C)C)cc2)CC1. The summed E-state index contributed by atoms with van der Waals surface area (Å²) >= 11 is 0. The topological polar surface area (TPSA) is 77.6 Å². The van der Waals surface area contributed by atoms with E-state index in [2.05, 4.69) is 53.2 Å². The van der Waals surface area contributed by atoms with Gasteiger partial charge in [0.15, 0.2) is 0 Å². The quantitative estimate of drug-likeness (QED) is 0.696. The van der Waals surface area contributed by atoms with Gasteiger partial charge >= 0.3 is 0 Å². The minimum absolute atomic E-state index is 0.0472. The van der Waals surface area contributed by atoms with Crippen molar-refractivity contribution in [2.24, 2.45) is 0 Å². The number of nitrogens with zero attached hydrogens (tertiary/aromatic N) is 3. The second-order valence-corrected chi connectivity index (χ2v) is 9.39. The molecule has 1 aliphatic rings. The molecule has 1 aromatic carbocycles. The predicted octanol–water partition coefficient (Wildman–Crippen LogP) is 2.57. The number of benzene rings is 1. The molecule has 2 aromatic rings. The van der Waals surface area contributed by atoms with Crippen molar-refractivity contribution < 1.29 is 9.59 Å². The van der Waals surface area contributed by atoms with Gasteiger partial charge in [-0.05, 0) is 36.2 Å². The van der Waals surface area contributed by atoms with Gasteiger partial charge in [0.05, 0.1) is 0 Å². The van der Waals surface area contributed by atoms with E-state index >= 15 is 0 Å². The van der Waals surface area contributed by atoms with E-state index in [-0.39, 0.29) is 23.7 Å². The number of aromatic nitrogens is 1. The third-order valence-electron chi connectivity index (χ3n) is 5.80. The van der Waals surface area contributed by atoms with Crippen LogP contribution < -0.4 is 15.5 Å². The van der Waals surface area contributed by atoms with E-state index in [1.165, 1.54) is 5.56 Å². The Morgan fingerprint density at radius 1 is 1.00 bits per heavy atom. The van der Waals surface area contributed by atoms with Crippen LogP contribution in [-0.4, -0.2) is 61.5 Å². The molecular weight excluding hydrogens is 402 g/mol. The molecule has 1 aromatic heterocycles. The second-order valence-electron chi connectivity index (χ2n) is 9.39. The van der Waals surface area contributed by atoms with Gasteiger partial charge in [-0.15, -0.1) is 0 Å². The highest BCUT2D eigenvalue weighted by Gasteiger charge is 2.18. The van der Waals surface area contributed by atoms with Crippen LogP contribution in [0.1, 0.15) is 48.7 Å². The molecule has 1 fully saturated rings. The monoisotopic (exact) mass is 437 g/mol. The van der Waals surface area contributed by atoms with E-state index in [1.54, 1.807) is 6.20 Å². The number of amides is 2. The zero-order valence-electron chi connectivity index (χ0n) is 19.6. The average Bonchev–Trinajstić information content (AvgIpc) is 2.78. The Bertz CT molecular complexity index is 913. The van der Waals surface area contributed by atoms with Crippen LogP contribution >= 0.6 is 0 Å². The average molecular weight is 438 g/mol. The number of hydrogen-bond donors (Lipinski definition) is 2. The zero-order chi connectivity index (χ0) is 23.1. The van der Waals surface area contributed by atoms with Crippen molar-refractivity contribution in [2.75, 3.05) is 44.7 Å². The summed E-state index contributed by atoms with van der Waals surface area (Å²) in [4.78, 5) is 33.8. The van der Waals surface area contributed by atoms with Gasteiger partial charge in [-0.1, -0.05) is 39.0 Å². The number of likely N-dealkylation sites (N-methyl/N-ethyl adjacent to an activating group) is 1. The lowest BCUT2D eigenvalue weighted by Gasteiger charge is -2.34. The number of anilines is 1. The summed E-state index contributed by atoms with van der Waals surface area (Å²) in [5, 5.41) is 5.79. The lowest BCUT2D eigenvalue weighted by molar-refractivity contribution is -0.121. The van der Waals surface area contributed by atoms with Crippen LogP contribution in [0.15, 0.2) is 42.6 Å². The molecule has 0 atom stereocenters. The fourth-order valence-corrected chi connectivity index (χ4v) is 3.67. The minimum atomic E-state index is -0.164. The minimum Gasteiger partial charge on any atom is -0.354 e. The van der Waals surface area contributed by atoms with Crippen molar-refractivity contribution >= 4 is 17.6 Å². The van der Waals surface area contributed by atoms with Crippen molar-refractivity contribution in [3.05, 3.63) is 59.3 Å². The molecule has 0 aliphatic carbocycles. The molecule has 2 N–H and O–H groups in total. The van der Waals surface area contributed by atoms with Gasteiger partial charge < -0.3 is 20.4 Å². The molecule has 7 heteroatoms. The Balaban J connectivity index is 1.44. The maximum Gasteiger partial charge on any atom is 0.251 e. The molecule has 0 unspecified atom stereocenters. The number of pyridine rings is 1. The van der Waals surface area contributed by atoms with Crippen molar-refractivity contribution in [3.8, 4) is 0 Å². The number of hydrogen-bond acceptors (Lipinski definition) is 5. The Hall–Kier alpha value is -2.93. The standard InChI is InChI=1S/C25H35N5O2/c1-25(2,3)21-9-7-19(8-10-21)24(32)27-13-11-22(31)28-18-20-6-5-12-26-23(20)30-16-14-29(4)15-17-30/h5-10,12H,11,13-18H2,1-4H3,(H,27,32)(H,28,31). The molecule has 0 radical (unpaired) electrons. The first-order valence-corrected chi connectivity index (χ1v) is 11.3. The summed E-state index contributed by atoms with van der Waals surface area (Å²) < 4.78 is 0. The molecule has 0 saturated carbocycles. The maximum atomic E-state index is 12.3. The molecule has 1 saturated heterocycles. The fourth-order valence-electron chi connectivity index (χ4n) is 3.67. The van der Waals surface area contributed by atoms with Crippen molar-refractivity contribution in [1.82, 2.24) is 20.5 Å². The van der Waals surface area contributed by atoms with Crippen molar-refractivity contribution in [1.29, 1.82) is 0 Å². The molecular formula is C25H35N5O2. The highest BCUT2D eigenvalue weighted by atomic mass is 16.2. The number of carbonyl (C=O) groups is 2. The third kappa shape index (κ3) is 6.53. The Kier molecular flexibility index (Phi) is 7.85. The van der Waals surface area contributed by atoms with Crippen LogP contribution in [0.2, 0.25) is 0 Å². The number of piperazine rings is 1. The van der Waals surface area contributed by atoms with Crippen LogP contribution in [0.25, 0.3) is 0 Å². The molecule has 7 nitrogen and oxygen atoms in total. The summed E-state index contributed by atoms with van der Waals surface area (Å²) in [6.45, 7) is 11.0. The van der Waals surface area contributed by atoms with Crippen LogP contribution in [0.5, 0.6) is 0 Å². The summed E-state index contributed by atoms with van der Waals surface area (Å²) in [5.41, 5.74) is 2.84. The first-order chi connectivity index (χ1) is 15.2. The fraction of sp³-hybridized carbons (Fsp3) is 0.480. The maximum absolute atomic E-state index is 12.3. The predicted molar refractivity (Wildman–Crippen MR) is 128 cm³/mol. The third-order valence-corrected chi connectivity index (χ3v) is 5.80. The molecule has 0 bridgehead atoms. The normalized spacial score (nSPS) is 14.8. The van der Waals surface area contributed by atoms with Crippen molar-refractivity contribution in [3.63, 3.8) is 0 Å². The number of nitrogens with one attached hydrogen (secondary N) is 2. The van der Waals surface area contributed by atoms with Gasteiger partial charge in [0.25, 0.3) is 5.91 Å². The Morgan fingerprint density at radius 2 is 1.69 bits per heavy atom. The summed E-state index contributed by atoms with van der Waals surface area (Å²) in [6.07, 6.45) is 2.03.